The fourth-order valence-corrected chi connectivity index (χ4v) is 3.59. The van der Waals surface area contributed by atoms with Crippen LogP contribution in [0.2, 0.25) is 0 Å². The lowest BCUT2D eigenvalue weighted by Crippen LogP contribution is -2.38. The zero-order valence-electron chi connectivity index (χ0n) is 14.9. The summed E-state index contributed by atoms with van der Waals surface area (Å²) >= 11 is 0. The third-order valence-corrected chi connectivity index (χ3v) is 5.09. The number of aromatic nitrogens is 5. The van der Waals surface area contributed by atoms with Crippen LogP contribution in [0.15, 0.2) is 36.7 Å². The molecule has 5 rings (SSSR count). The number of nitrogens with zero attached hydrogens (tertiary/aromatic N) is 5. The quantitative estimate of drug-likeness (QED) is 0.575. The highest BCUT2D eigenvalue weighted by Gasteiger charge is 2.14. The average Bonchev–Trinajstić information content (AvgIpc) is 3.37. The second-order valence-corrected chi connectivity index (χ2v) is 6.81. The van der Waals surface area contributed by atoms with Crippen LogP contribution in [-0.4, -0.2) is 62.7 Å². The van der Waals surface area contributed by atoms with Crippen molar-refractivity contribution in [3.05, 3.63) is 36.7 Å². The van der Waals surface area contributed by atoms with E-state index < -0.39 is 0 Å². The summed E-state index contributed by atoms with van der Waals surface area (Å²) in [5.74, 6) is 0.511. The number of ether oxygens (including phenoxy) is 1. The molecule has 1 aliphatic heterocycles. The highest BCUT2D eigenvalue weighted by molar-refractivity contribution is 6.08. The first-order chi connectivity index (χ1) is 13.3. The van der Waals surface area contributed by atoms with Gasteiger partial charge in [-0.1, -0.05) is 6.07 Å². The first-order valence-corrected chi connectivity index (χ1v) is 9.14. The van der Waals surface area contributed by atoms with Crippen molar-refractivity contribution in [1.29, 1.82) is 0 Å². The lowest BCUT2D eigenvalue weighted by molar-refractivity contribution is 0.0360. The number of nitrogen functional groups attached to an aromatic ring is 1. The number of hydrogen-bond donors (Lipinski definition) is 2. The molecule has 8 heteroatoms. The number of aromatic amines is 1. The van der Waals surface area contributed by atoms with E-state index in [1.54, 1.807) is 6.20 Å². The minimum atomic E-state index is 0.511. The van der Waals surface area contributed by atoms with Gasteiger partial charge in [0.25, 0.3) is 0 Å². The fourth-order valence-electron chi connectivity index (χ4n) is 3.59. The van der Waals surface area contributed by atoms with E-state index in [2.05, 4.69) is 32.2 Å². The summed E-state index contributed by atoms with van der Waals surface area (Å²) < 4.78 is 7.38. The fraction of sp³-hybridized carbons (Fsp3) is 0.316. The van der Waals surface area contributed by atoms with E-state index in [9.17, 15) is 0 Å². The first-order valence-electron chi connectivity index (χ1n) is 9.14. The molecular formula is C19H21N7O. The monoisotopic (exact) mass is 363 g/mol. The lowest BCUT2D eigenvalue weighted by Gasteiger charge is -2.26. The van der Waals surface area contributed by atoms with Gasteiger partial charge < -0.3 is 10.5 Å². The van der Waals surface area contributed by atoms with Gasteiger partial charge in [-0.05, 0) is 18.2 Å². The number of hydrogen-bond acceptors (Lipinski definition) is 6. The van der Waals surface area contributed by atoms with E-state index in [0.29, 0.717) is 5.82 Å². The molecule has 0 spiro atoms. The largest absolute Gasteiger partial charge is 0.383 e. The SMILES string of the molecule is Nc1nc2cc(-c3ccn[nH]3)ccc2c2nn(CCN3CCOCC3)cc12. The molecule has 1 fully saturated rings. The van der Waals surface area contributed by atoms with Gasteiger partial charge in [-0.25, -0.2) is 4.98 Å². The standard InChI is InChI=1S/C19H21N7O/c20-19-15-12-26(6-5-25-7-9-27-10-8-25)24-18(15)14-2-1-13(11-17(14)22-19)16-3-4-21-23-16/h1-4,11-12H,5-10H2,(H2,20,22)(H,21,23). The molecule has 4 aromatic rings. The van der Waals surface area contributed by atoms with Crippen LogP contribution in [0.3, 0.4) is 0 Å². The maximum Gasteiger partial charge on any atom is 0.135 e. The van der Waals surface area contributed by atoms with Gasteiger partial charge in [-0.3, -0.25) is 14.7 Å². The molecule has 0 amide bonds. The van der Waals surface area contributed by atoms with Crippen molar-refractivity contribution in [2.75, 3.05) is 38.6 Å². The molecule has 1 aliphatic rings. The summed E-state index contributed by atoms with van der Waals surface area (Å²) in [6.45, 7) is 5.34. The predicted octanol–water partition coefficient (Wildman–Crippen LogP) is 1.89. The van der Waals surface area contributed by atoms with E-state index in [1.165, 1.54) is 0 Å². The molecular weight excluding hydrogens is 342 g/mol. The van der Waals surface area contributed by atoms with Gasteiger partial charge in [-0.2, -0.15) is 10.2 Å². The van der Waals surface area contributed by atoms with E-state index in [-0.39, 0.29) is 0 Å². The molecule has 0 unspecified atom stereocenters. The van der Waals surface area contributed by atoms with Gasteiger partial charge in [0, 0.05) is 43.0 Å². The Morgan fingerprint density at radius 2 is 2.00 bits per heavy atom. The van der Waals surface area contributed by atoms with Crippen LogP contribution >= 0.6 is 0 Å². The molecule has 1 saturated heterocycles. The number of morpholine rings is 1. The molecule has 27 heavy (non-hydrogen) atoms. The number of anilines is 1. The zero-order valence-corrected chi connectivity index (χ0v) is 14.9. The predicted molar refractivity (Wildman–Crippen MR) is 104 cm³/mol. The van der Waals surface area contributed by atoms with Crippen LogP contribution in [-0.2, 0) is 11.3 Å². The van der Waals surface area contributed by atoms with E-state index >= 15 is 0 Å². The van der Waals surface area contributed by atoms with Crippen molar-refractivity contribution in [2.45, 2.75) is 6.54 Å². The summed E-state index contributed by atoms with van der Waals surface area (Å²) in [6.07, 6.45) is 3.74. The van der Waals surface area contributed by atoms with Crippen LogP contribution in [0.5, 0.6) is 0 Å². The number of H-pyrrole nitrogens is 1. The Morgan fingerprint density at radius 1 is 1.11 bits per heavy atom. The molecule has 138 valence electrons. The second kappa shape index (κ2) is 6.64. The molecule has 0 aliphatic carbocycles. The van der Waals surface area contributed by atoms with Crippen molar-refractivity contribution in [1.82, 2.24) is 29.9 Å². The van der Waals surface area contributed by atoms with Gasteiger partial charge in [0.05, 0.1) is 36.4 Å². The van der Waals surface area contributed by atoms with E-state index in [0.717, 1.165) is 72.5 Å². The van der Waals surface area contributed by atoms with Gasteiger partial charge in [-0.15, -0.1) is 0 Å². The highest BCUT2D eigenvalue weighted by atomic mass is 16.5. The number of pyridine rings is 1. The second-order valence-electron chi connectivity index (χ2n) is 6.81. The van der Waals surface area contributed by atoms with Crippen LogP contribution < -0.4 is 5.73 Å². The minimum absolute atomic E-state index is 0.511. The number of fused-ring (bicyclic) bond motifs is 3. The molecule has 0 atom stereocenters. The van der Waals surface area contributed by atoms with Gasteiger partial charge >= 0.3 is 0 Å². The smallest absolute Gasteiger partial charge is 0.135 e. The minimum Gasteiger partial charge on any atom is -0.383 e. The number of rotatable bonds is 4. The maximum absolute atomic E-state index is 6.23. The Labute approximate surface area is 155 Å². The van der Waals surface area contributed by atoms with Gasteiger partial charge in [0.15, 0.2) is 0 Å². The zero-order chi connectivity index (χ0) is 18.2. The Bertz CT molecular complexity index is 1080. The normalized spacial score (nSPS) is 15.7. The van der Waals surface area contributed by atoms with Crippen LogP contribution in [0, 0.1) is 0 Å². The van der Waals surface area contributed by atoms with Gasteiger partial charge in [0.1, 0.15) is 11.3 Å². The molecule has 0 saturated carbocycles. The first kappa shape index (κ1) is 16.2. The topological polar surface area (TPSA) is 97.9 Å². The van der Waals surface area contributed by atoms with Crippen molar-refractivity contribution in [3.8, 4) is 11.3 Å². The number of nitrogens with two attached hydrogens (primary N) is 1. The van der Waals surface area contributed by atoms with Gasteiger partial charge in [0.2, 0.25) is 0 Å². The molecule has 8 nitrogen and oxygen atoms in total. The molecule has 1 aromatic carbocycles. The number of nitrogens with one attached hydrogen (secondary N) is 1. The summed E-state index contributed by atoms with van der Waals surface area (Å²) in [5.41, 5.74) is 9.95. The van der Waals surface area contributed by atoms with Crippen LogP contribution in [0.4, 0.5) is 5.82 Å². The van der Waals surface area contributed by atoms with E-state index in [1.807, 2.05) is 23.0 Å². The summed E-state index contributed by atoms with van der Waals surface area (Å²) in [4.78, 5) is 7.00. The van der Waals surface area contributed by atoms with Crippen molar-refractivity contribution in [3.63, 3.8) is 0 Å². The molecule has 0 bridgehead atoms. The maximum atomic E-state index is 6.23. The Kier molecular flexibility index (Phi) is 3.99. The summed E-state index contributed by atoms with van der Waals surface area (Å²) in [5, 5.41) is 13.7. The summed E-state index contributed by atoms with van der Waals surface area (Å²) in [6, 6.07) is 8.06. The third kappa shape index (κ3) is 3.02. The van der Waals surface area contributed by atoms with E-state index in [4.69, 9.17) is 15.6 Å². The van der Waals surface area contributed by atoms with Crippen LogP contribution in [0.1, 0.15) is 0 Å². The molecule has 3 N–H and O–H groups in total. The number of benzene rings is 1. The molecule has 3 aromatic heterocycles. The van der Waals surface area contributed by atoms with Crippen molar-refractivity contribution < 1.29 is 4.74 Å². The molecule has 4 heterocycles. The average molecular weight is 363 g/mol. The lowest BCUT2D eigenvalue weighted by atomic mass is 10.1. The van der Waals surface area contributed by atoms with Crippen molar-refractivity contribution >= 4 is 27.6 Å². The third-order valence-electron chi connectivity index (χ3n) is 5.09. The molecule has 0 radical (unpaired) electrons. The Hall–Kier alpha value is -2.97. The van der Waals surface area contributed by atoms with Crippen LogP contribution in [0.25, 0.3) is 33.1 Å². The Morgan fingerprint density at radius 3 is 2.81 bits per heavy atom. The van der Waals surface area contributed by atoms with Crippen molar-refractivity contribution in [2.24, 2.45) is 0 Å². The Balaban J connectivity index is 1.49. The summed E-state index contributed by atoms with van der Waals surface area (Å²) in [7, 11) is 0. The highest BCUT2D eigenvalue weighted by Crippen LogP contribution is 2.29.